The number of rotatable bonds is 7. The summed E-state index contributed by atoms with van der Waals surface area (Å²) in [6.07, 6.45) is 3.50. The van der Waals surface area contributed by atoms with Gasteiger partial charge in [-0.2, -0.15) is 11.3 Å². The summed E-state index contributed by atoms with van der Waals surface area (Å²) in [5, 5.41) is 8.14. The van der Waals surface area contributed by atoms with Gasteiger partial charge in [0.15, 0.2) is 0 Å². The Bertz CT molecular complexity index is 516. The summed E-state index contributed by atoms with van der Waals surface area (Å²) in [7, 11) is 0. The van der Waals surface area contributed by atoms with Crippen LogP contribution in [0.3, 0.4) is 0 Å². The Morgan fingerprint density at radius 2 is 2.05 bits per heavy atom. The summed E-state index contributed by atoms with van der Waals surface area (Å²) >= 11 is 1.79. The number of thiophene rings is 1. The van der Waals surface area contributed by atoms with E-state index in [2.05, 4.69) is 61.1 Å². The van der Waals surface area contributed by atoms with Crippen molar-refractivity contribution in [2.24, 2.45) is 0 Å². The fourth-order valence-electron chi connectivity index (χ4n) is 2.65. The van der Waals surface area contributed by atoms with Gasteiger partial charge in [0.25, 0.3) is 0 Å². The van der Waals surface area contributed by atoms with Crippen LogP contribution in [0.2, 0.25) is 0 Å². The van der Waals surface area contributed by atoms with Gasteiger partial charge < -0.3 is 5.32 Å². The second-order valence-corrected chi connectivity index (χ2v) is 6.32. The lowest BCUT2D eigenvalue weighted by Gasteiger charge is -2.21. The third kappa shape index (κ3) is 4.19. The zero-order valence-corrected chi connectivity index (χ0v) is 13.6. The van der Waals surface area contributed by atoms with Gasteiger partial charge in [0.1, 0.15) is 0 Å². The monoisotopic (exact) mass is 287 g/mol. The molecule has 1 aromatic heterocycles. The van der Waals surface area contributed by atoms with E-state index in [1.54, 1.807) is 11.3 Å². The largest absolute Gasteiger partial charge is 0.310 e. The Kier molecular flexibility index (Phi) is 5.81. The van der Waals surface area contributed by atoms with Gasteiger partial charge in [-0.3, -0.25) is 0 Å². The van der Waals surface area contributed by atoms with Gasteiger partial charge in [-0.1, -0.05) is 30.7 Å². The molecule has 0 amide bonds. The van der Waals surface area contributed by atoms with Crippen molar-refractivity contribution >= 4 is 11.3 Å². The van der Waals surface area contributed by atoms with Crippen LogP contribution in [0.1, 0.15) is 48.1 Å². The van der Waals surface area contributed by atoms with E-state index in [4.69, 9.17) is 0 Å². The van der Waals surface area contributed by atoms with Crippen LogP contribution in [0.25, 0.3) is 0 Å². The summed E-state index contributed by atoms with van der Waals surface area (Å²) < 4.78 is 0. The zero-order valence-electron chi connectivity index (χ0n) is 12.8. The van der Waals surface area contributed by atoms with Crippen LogP contribution in [-0.4, -0.2) is 6.54 Å². The first-order chi connectivity index (χ1) is 9.70. The summed E-state index contributed by atoms with van der Waals surface area (Å²) in [5.74, 6) is 0. The molecule has 0 aliphatic heterocycles. The average Bonchev–Trinajstić information content (AvgIpc) is 2.93. The van der Waals surface area contributed by atoms with Gasteiger partial charge in [0, 0.05) is 6.04 Å². The molecule has 0 aliphatic carbocycles. The summed E-state index contributed by atoms with van der Waals surface area (Å²) in [5.41, 5.74) is 5.67. The molecule has 2 aromatic rings. The van der Waals surface area contributed by atoms with Gasteiger partial charge in [-0.15, -0.1) is 0 Å². The number of hydrogen-bond donors (Lipinski definition) is 1. The molecule has 20 heavy (non-hydrogen) atoms. The van der Waals surface area contributed by atoms with E-state index < -0.39 is 0 Å². The van der Waals surface area contributed by atoms with E-state index >= 15 is 0 Å². The molecule has 1 heterocycles. The molecule has 0 saturated carbocycles. The minimum Gasteiger partial charge on any atom is -0.310 e. The Morgan fingerprint density at radius 3 is 2.70 bits per heavy atom. The first-order valence-electron chi connectivity index (χ1n) is 7.52. The van der Waals surface area contributed by atoms with E-state index in [0.717, 1.165) is 13.0 Å². The molecule has 0 radical (unpaired) electrons. The van der Waals surface area contributed by atoms with E-state index in [9.17, 15) is 0 Å². The summed E-state index contributed by atoms with van der Waals surface area (Å²) in [6, 6.07) is 9.53. The topological polar surface area (TPSA) is 12.0 Å². The smallest absolute Gasteiger partial charge is 0.0326 e. The highest BCUT2D eigenvalue weighted by Crippen LogP contribution is 2.24. The predicted molar refractivity (Wildman–Crippen MR) is 89.6 cm³/mol. The first-order valence-corrected chi connectivity index (χ1v) is 8.46. The lowest BCUT2D eigenvalue weighted by molar-refractivity contribution is 0.497. The van der Waals surface area contributed by atoms with Crippen molar-refractivity contribution < 1.29 is 0 Å². The van der Waals surface area contributed by atoms with E-state index in [-0.39, 0.29) is 0 Å². The highest BCUT2D eigenvalue weighted by atomic mass is 32.1. The fourth-order valence-corrected chi connectivity index (χ4v) is 3.35. The molecule has 0 bridgehead atoms. The second-order valence-electron chi connectivity index (χ2n) is 5.54. The molecule has 1 aromatic carbocycles. The molecule has 1 atom stereocenters. The van der Waals surface area contributed by atoms with Crippen molar-refractivity contribution in [3.05, 3.63) is 57.3 Å². The number of hydrogen-bond acceptors (Lipinski definition) is 2. The van der Waals surface area contributed by atoms with Crippen LogP contribution < -0.4 is 5.32 Å². The van der Waals surface area contributed by atoms with Gasteiger partial charge in [0.05, 0.1) is 0 Å². The lowest BCUT2D eigenvalue weighted by atomic mass is 9.95. The normalized spacial score (nSPS) is 12.6. The van der Waals surface area contributed by atoms with Crippen LogP contribution in [0.4, 0.5) is 0 Å². The Labute approximate surface area is 127 Å². The number of nitrogens with one attached hydrogen (secondary N) is 1. The summed E-state index contributed by atoms with van der Waals surface area (Å²) in [6.45, 7) is 7.71. The van der Waals surface area contributed by atoms with E-state index in [0.29, 0.717) is 6.04 Å². The molecule has 2 heteroatoms. The summed E-state index contributed by atoms with van der Waals surface area (Å²) in [4.78, 5) is 0. The van der Waals surface area contributed by atoms with Crippen molar-refractivity contribution in [1.29, 1.82) is 0 Å². The van der Waals surface area contributed by atoms with Crippen LogP contribution in [0.5, 0.6) is 0 Å². The molecule has 0 spiro atoms. The molecule has 0 aliphatic rings. The number of aryl methyl sites for hydroxylation is 3. The van der Waals surface area contributed by atoms with E-state index in [1.165, 1.54) is 35.1 Å². The molecule has 0 saturated heterocycles. The molecule has 2 rings (SSSR count). The van der Waals surface area contributed by atoms with Gasteiger partial charge >= 0.3 is 0 Å². The van der Waals surface area contributed by atoms with Gasteiger partial charge in [-0.05, 0) is 73.2 Å². The van der Waals surface area contributed by atoms with Gasteiger partial charge in [-0.25, -0.2) is 0 Å². The standard InChI is InChI=1S/C18H25NS/c1-4-10-19-18(8-6-16-9-11-20-13-16)17-7-5-14(2)12-15(17)3/h5,7,9,11-13,18-19H,4,6,8,10H2,1-3H3. The van der Waals surface area contributed by atoms with Crippen molar-refractivity contribution in [1.82, 2.24) is 5.32 Å². The molecule has 1 N–H and O–H groups in total. The van der Waals surface area contributed by atoms with Crippen molar-refractivity contribution in [2.45, 2.75) is 46.1 Å². The molecular formula is C18H25NS. The van der Waals surface area contributed by atoms with Crippen molar-refractivity contribution in [3.63, 3.8) is 0 Å². The minimum atomic E-state index is 0.468. The van der Waals surface area contributed by atoms with E-state index in [1.807, 2.05) is 0 Å². The highest BCUT2D eigenvalue weighted by molar-refractivity contribution is 7.07. The first kappa shape index (κ1) is 15.3. The van der Waals surface area contributed by atoms with Crippen molar-refractivity contribution in [3.8, 4) is 0 Å². The number of benzene rings is 1. The van der Waals surface area contributed by atoms with Crippen LogP contribution in [-0.2, 0) is 6.42 Å². The third-order valence-corrected chi connectivity index (χ3v) is 4.48. The quantitative estimate of drug-likeness (QED) is 0.752. The molecule has 0 fully saturated rings. The van der Waals surface area contributed by atoms with Crippen LogP contribution in [0, 0.1) is 13.8 Å². The maximum absolute atomic E-state index is 3.71. The predicted octanol–water partition coefficient (Wildman–Crippen LogP) is 5.04. The maximum Gasteiger partial charge on any atom is 0.0326 e. The highest BCUT2D eigenvalue weighted by Gasteiger charge is 2.13. The molecular weight excluding hydrogens is 262 g/mol. The van der Waals surface area contributed by atoms with Crippen LogP contribution in [0.15, 0.2) is 35.0 Å². The second kappa shape index (κ2) is 7.61. The lowest BCUT2D eigenvalue weighted by Crippen LogP contribution is -2.23. The Balaban J connectivity index is 2.09. The van der Waals surface area contributed by atoms with Crippen LogP contribution >= 0.6 is 11.3 Å². The van der Waals surface area contributed by atoms with Gasteiger partial charge in [0.2, 0.25) is 0 Å². The van der Waals surface area contributed by atoms with Crippen molar-refractivity contribution in [2.75, 3.05) is 6.54 Å². The Hall–Kier alpha value is -1.12. The molecule has 108 valence electrons. The molecule has 1 nitrogen and oxygen atoms in total. The SMILES string of the molecule is CCCNC(CCc1ccsc1)c1ccc(C)cc1C. The minimum absolute atomic E-state index is 0.468. The third-order valence-electron chi connectivity index (χ3n) is 3.74. The average molecular weight is 287 g/mol. The Morgan fingerprint density at radius 1 is 1.20 bits per heavy atom. The maximum atomic E-state index is 3.71. The zero-order chi connectivity index (χ0) is 14.4. The fraction of sp³-hybridized carbons (Fsp3) is 0.444. The molecule has 1 unspecified atom stereocenters.